The van der Waals surface area contributed by atoms with Crippen LogP contribution in [0.2, 0.25) is 0 Å². The van der Waals surface area contributed by atoms with Gasteiger partial charge < -0.3 is 14.6 Å². The minimum Gasteiger partial charge on any atom is -0.379 e. The molecule has 0 saturated carbocycles. The minimum atomic E-state index is -0.428. The second-order valence-electron chi connectivity index (χ2n) is 3.86. The Kier molecular flexibility index (Phi) is 5.40. The summed E-state index contributed by atoms with van der Waals surface area (Å²) in [6.07, 6.45) is 0.835. The van der Waals surface area contributed by atoms with Gasteiger partial charge in [-0.15, -0.1) is 0 Å². The second-order valence-corrected chi connectivity index (χ2v) is 3.86. The van der Waals surface area contributed by atoms with Gasteiger partial charge in [-0.05, 0) is 20.3 Å². The van der Waals surface area contributed by atoms with Gasteiger partial charge in [-0.1, -0.05) is 0 Å². The van der Waals surface area contributed by atoms with Crippen molar-refractivity contribution in [2.24, 2.45) is 0 Å². The summed E-state index contributed by atoms with van der Waals surface area (Å²) in [5.41, 5.74) is 0. The Bertz CT molecular complexity index is 152. The zero-order chi connectivity index (χ0) is 10.4. The number of aliphatic hydroxyl groups excluding tert-OH is 1. The molecule has 0 aromatic carbocycles. The van der Waals surface area contributed by atoms with Crippen LogP contribution in [0.4, 0.5) is 0 Å². The molecule has 4 nitrogen and oxygen atoms in total. The Hall–Kier alpha value is -0.160. The molecule has 1 saturated heterocycles. The summed E-state index contributed by atoms with van der Waals surface area (Å²) < 4.78 is 10.6. The van der Waals surface area contributed by atoms with Crippen LogP contribution in [0.3, 0.4) is 0 Å². The number of hydrogen-bond donors (Lipinski definition) is 1. The molecule has 1 aliphatic rings. The van der Waals surface area contributed by atoms with Gasteiger partial charge in [0.05, 0.1) is 19.3 Å². The van der Waals surface area contributed by atoms with Gasteiger partial charge in [0.1, 0.15) is 6.23 Å². The Morgan fingerprint density at radius 3 is 3.00 bits per heavy atom. The first-order valence-corrected chi connectivity index (χ1v) is 5.31. The van der Waals surface area contributed by atoms with Crippen LogP contribution >= 0.6 is 0 Å². The molecule has 1 rings (SSSR count). The van der Waals surface area contributed by atoms with E-state index in [1.807, 2.05) is 18.7 Å². The number of morpholine rings is 1. The maximum Gasteiger partial charge on any atom is 0.131 e. The summed E-state index contributed by atoms with van der Waals surface area (Å²) in [5, 5.41) is 9.54. The molecule has 0 unspecified atom stereocenters. The predicted octanol–water partition coefficient (Wildman–Crippen LogP) is 0.452. The highest BCUT2D eigenvalue weighted by Gasteiger charge is 2.19. The van der Waals surface area contributed by atoms with Crippen LogP contribution in [0.15, 0.2) is 0 Å². The summed E-state index contributed by atoms with van der Waals surface area (Å²) in [7, 11) is 0. The molecule has 14 heavy (non-hydrogen) atoms. The number of rotatable bonds is 5. The van der Waals surface area contributed by atoms with E-state index in [1.165, 1.54) is 0 Å². The molecule has 1 N–H and O–H groups in total. The highest BCUT2D eigenvalue weighted by Crippen LogP contribution is 2.04. The van der Waals surface area contributed by atoms with Crippen LogP contribution in [0, 0.1) is 0 Å². The zero-order valence-corrected chi connectivity index (χ0v) is 9.11. The molecular formula is C10H21NO3. The molecule has 1 aliphatic heterocycles. The van der Waals surface area contributed by atoms with Gasteiger partial charge in [-0.25, -0.2) is 0 Å². The molecular weight excluding hydrogens is 182 g/mol. The van der Waals surface area contributed by atoms with Gasteiger partial charge in [0, 0.05) is 19.7 Å². The highest BCUT2D eigenvalue weighted by atomic mass is 16.5. The van der Waals surface area contributed by atoms with Gasteiger partial charge in [0.25, 0.3) is 0 Å². The van der Waals surface area contributed by atoms with Crippen molar-refractivity contribution in [1.82, 2.24) is 4.90 Å². The first kappa shape index (κ1) is 11.9. The van der Waals surface area contributed by atoms with Gasteiger partial charge in [0.2, 0.25) is 0 Å². The average Bonchev–Trinajstić information content (AvgIpc) is 2.15. The molecule has 0 radical (unpaired) electrons. The fourth-order valence-electron chi connectivity index (χ4n) is 1.47. The maximum atomic E-state index is 9.54. The maximum absolute atomic E-state index is 9.54. The quantitative estimate of drug-likeness (QED) is 0.659. The third kappa shape index (κ3) is 4.37. The lowest BCUT2D eigenvalue weighted by Crippen LogP contribution is -2.45. The van der Waals surface area contributed by atoms with Gasteiger partial charge in [-0.3, -0.25) is 4.90 Å². The van der Waals surface area contributed by atoms with Crippen molar-refractivity contribution in [2.45, 2.75) is 32.6 Å². The van der Waals surface area contributed by atoms with E-state index >= 15 is 0 Å². The largest absolute Gasteiger partial charge is 0.379 e. The normalized spacial score (nSPS) is 24.4. The van der Waals surface area contributed by atoms with Crippen molar-refractivity contribution in [2.75, 3.05) is 32.9 Å². The average molecular weight is 203 g/mol. The molecule has 1 heterocycles. The van der Waals surface area contributed by atoms with Crippen molar-refractivity contribution >= 4 is 0 Å². The molecule has 4 heteroatoms. The lowest BCUT2D eigenvalue weighted by Gasteiger charge is -2.31. The van der Waals surface area contributed by atoms with Crippen LogP contribution in [0.25, 0.3) is 0 Å². The molecule has 0 bridgehead atoms. The van der Waals surface area contributed by atoms with Crippen molar-refractivity contribution < 1.29 is 14.6 Å². The minimum absolute atomic E-state index is 0.296. The molecule has 1 atom stereocenters. The van der Waals surface area contributed by atoms with Crippen LogP contribution < -0.4 is 0 Å². The summed E-state index contributed by atoms with van der Waals surface area (Å²) in [6, 6.07) is 0. The van der Waals surface area contributed by atoms with E-state index in [1.54, 1.807) is 0 Å². The topological polar surface area (TPSA) is 41.9 Å². The van der Waals surface area contributed by atoms with E-state index < -0.39 is 6.23 Å². The standard InChI is InChI=1S/C10H21NO3/c1-9(2)14-6-3-4-11-5-7-13-8-10(11)12/h9-10,12H,3-8H2,1-2H3/t10-/m0/s1. The zero-order valence-electron chi connectivity index (χ0n) is 9.11. The smallest absolute Gasteiger partial charge is 0.131 e. The van der Waals surface area contributed by atoms with E-state index in [0.717, 1.165) is 32.7 Å². The van der Waals surface area contributed by atoms with Crippen molar-refractivity contribution in [3.8, 4) is 0 Å². The van der Waals surface area contributed by atoms with Crippen LogP contribution in [-0.2, 0) is 9.47 Å². The first-order chi connectivity index (χ1) is 6.70. The number of ether oxygens (including phenoxy) is 2. The molecule has 0 spiro atoms. The van der Waals surface area contributed by atoms with Crippen LogP contribution in [0.1, 0.15) is 20.3 Å². The summed E-state index contributed by atoms with van der Waals surface area (Å²) >= 11 is 0. The van der Waals surface area contributed by atoms with Crippen molar-refractivity contribution in [3.63, 3.8) is 0 Å². The number of hydrogen-bond acceptors (Lipinski definition) is 4. The third-order valence-corrected chi connectivity index (χ3v) is 2.25. The summed E-state index contributed by atoms with van der Waals surface area (Å²) in [4.78, 5) is 2.03. The molecule has 1 fully saturated rings. The Labute approximate surface area is 85.8 Å². The Morgan fingerprint density at radius 2 is 2.36 bits per heavy atom. The van der Waals surface area contributed by atoms with Gasteiger partial charge >= 0.3 is 0 Å². The number of nitrogens with zero attached hydrogens (tertiary/aromatic N) is 1. The van der Waals surface area contributed by atoms with E-state index in [9.17, 15) is 5.11 Å². The van der Waals surface area contributed by atoms with Crippen molar-refractivity contribution in [3.05, 3.63) is 0 Å². The monoisotopic (exact) mass is 203 g/mol. The highest BCUT2D eigenvalue weighted by molar-refractivity contribution is 4.65. The van der Waals surface area contributed by atoms with Crippen molar-refractivity contribution in [1.29, 1.82) is 0 Å². The Balaban J connectivity index is 2.04. The van der Waals surface area contributed by atoms with Gasteiger partial charge in [0.15, 0.2) is 0 Å². The van der Waals surface area contributed by atoms with E-state index in [0.29, 0.717) is 12.7 Å². The fraction of sp³-hybridized carbons (Fsp3) is 1.00. The van der Waals surface area contributed by atoms with E-state index in [2.05, 4.69) is 0 Å². The first-order valence-electron chi connectivity index (χ1n) is 5.31. The fourth-order valence-corrected chi connectivity index (χ4v) is 1.47. The van der Waals surface area contributed by atoms with E-state index in [-0.39, 0.29) is 0 Å². The lowest BCUT2D eigenvalue weighted by atomic mass is 10.3. The molecule has 0 aliphatic carbocycles. The second kappa shape index (κ2) is 6.35. The van der Waals surface area contributed by atoms with E-state index in [4.69, 9.17) is 9.47 Å². The number of aliphatic hydroxyl groups is 1. The molecule has 0 aromatic rings. The summed E-state index contributed by atoms with van der Waals surface area (Å²) in [5.74, 6) is 0. The molecule has 84 valence electrons. The molecule has 0 amide bonds. The SMILES string of the molecule is CC(C)OCCCN1CCOC[C@@H]1O. The summed E-state index contributed by atoms with van der Waals surface area (Å²) in [6.45, 7) is 7.70. The Morgan fingerprint density at radius 1 is 1.57 bits per heavy atom. The molecule has 0 aromatic heterocycles. The lowest BCUT2D eigenvalue weighted by molar-refractivity contribution is -0.107. The predicted molar refractivity (Wildman–Crippen MR) is 54.1 cm³/mol. The van der Waals surface area contributed by atoms with Crippen LogP contribution in [-0.4, -0.2) is 55.2 Å². The van der Waals surface area contributed by atoms with Gasteiger partial charge in [-0.2, -0.15) is 0 Å². The van der Waals surface area contributed by atoms with Crippen LogP contribution in [0.5, 0.6) is 0 Å². The third-order valence-electron chi connectivity index (χ3n) is 2.25.